The zero-order chi connectivity index (χ0) is 21.3. The maximum atomic E-state index is 12.8. The molecule has 3 aromatic rings. The number of carbonyl (C=O) groups is 2. The van der Waals surface area contributed by atoms with E-state index >= 15 is 0 Å². The number of rotatable bonds is 6. The number of nitrogens with zero attached hydrogens (tertiary/aromatic N) is 1. The van der Waals surface area contributed by atoms with Gasteiger partial charge in [-0.3, -0.25) is 4.79 Å². The standard InChI is InChI=1S/C24H21ClN2O3/c1-30-24(29)27-22(17-8-4-2-5-9-17)16-21(18-12-14-20(25)15-13-18)26-23(28)19-10-6-3-7-11-19/h2-15,21H,16H2,1H3,(H,26,28)/b27-22-/t21-/m0/s1. The van der Waals surface area contributed by atoms with Gasteiger partial charge in [-0.1, -0.05) is 72.3 Å². The first-order chi connectivity index (χ1) is 14.6. The van der Waals surface area contributed by atoms with Gasteiger partial charge in [0.1, 0.15) is 0 Å². The van der Waals surface area contributed by atoms with E-state index in [0.29, 0.717) is 22.7 Å². The molecule has 0 saturated carbocycles. The van der Waals surface area contributed by atoms with Gasteiger partial charge in [-0.15, -0.1) is 0 Å². The molecule has 0 saturated heterocycles. The molecule has 3 rings (SSSR count). The van der Waals surface area contributed by atoms with E-state index < -0.39 is 12.1 Å². The summed E-state index contributed by atoms with van der Waals surface area (Å²) in [5.41, 5.74) is 2.67. The van der Waals surface area contributed by atoms with Crippen LogP contribution in [0.4, 0.5) is 4.79 Å². The molecule has 0 spiro atoms. The Bertz CT molecular complexity index is 1020. The normalized spacial score (nSPS) is 12.1. The van der Waals surface area contributed by atoms with Crippen molar-refractivity contribution in [3.8, 4) is 0 Å². The number of amides is 2. The summed E-state index contributed by atoms with van der Waals surface area (Å²) in [4.78, 5) is 28.8. The van der Waals surface area contributed by atoms with Crippen molar-refractivity contribution in [1.82, 2.24) is 5.32 Å². The van der Waals surface area contributed by atoms with E-state index in [9.17, 15) is 9.59 Å². The minimum Gasteiger partial charge on any atom is -0.451 e. The number of aliphatic imine (C=N–C) groups is 1. The highest BCUT2D eigenvalue weighted by Crippen LogP contribution is 2.23. The fraction of sp³-hybridized carbons (Fsp3) is 0.125. The van der Waals surface area contributed by atoms with Crippen LogP contribution in [0.2, 0.25) is 5.02 Å². The van der Waals surface area contributed by atoms with Gasteiger partial charge in [0.05, 0.1) is 18.9 Å². The molecule has 0 aliphatic carbocycles. The number of benzene rings is 3. The van der Waals surface area contributed by atoms with Crippen LogP contribution in [0.1, 0.15) is 33.9 Å². The summed E-state index contributed by atoms with van der Waals surface area (Å²) in [5.74, 6) is -0.221. The predicted octanol–water partition coefficient (Wildman–Crippen LogP) is 5.46. The maximum Gasteiger partial charge on any atom is 0.433 e. The number of nitrogens with one attached hydrogen (secondary N) is 1. The van der Waals surface area contributed by atoms with E-state index in [-0.39, 0.29) is 5.91 Å². The Labute approximate surface area is 180 Å². The Morgan fingerprint density at radius 3 is 2.03 bits per heavy atom. The zero-order valence-electron chi connectivity index (χ0n) is 16.4. The van der Waals surface area contributed by atoms with Gasteiger partial charge in [-0.2, -0.15) is 4.99 Å². The molecule has 0 bridgehead atoms. The summed E-state index contributed by atoms with van der Waals surface area (Å²) in [6, 6.07) is 25.1. The van der Waals surface area contributed by atoms with Crippen LogP contribution >= 0.6 is 11.6 Å². The highest BCUT2D eigenvalue weighted by atomic mass is 35.5. The first-order valence-electron chi connectivity index (χ1n) is 9.39. The van der Waals surface area contributed by atoms with Crippen LogP contribution in [-0.2, 0) is 4.74 Å². The number of hydrogen-bond acceptors (Lipinski definition) is 3. The molecular formula is C24H21ClN2O3. The lowest BCUT2D eigenvalue weighted by Gasteiger charge is -2.21. The Balaban J connectivity index is 1.95. The van der Waals surface area contributed by atoms with Gasteiger partial charge in [0.15, 0.2) is 0 Å². The first-order valence-corrected chi connectivity index (χ1v) is 9.77. The Hall–Kier alpha value is -3.44. The maximum absolute atomic E-state index is 12.8. The van der Waals surface area contributed by atoms with Crippen molar-refractivity contribution in [1.29, 1.82) is 0 Å². The van der Waals surface area contributed by atoms with E-state index in [1.807, 2.05) is 48.5 Å². The fourth-order valence-corrected chi connectivity index (χ4v) is 3.11. The van der Waals surface area contributed by atoms with Crippen LogP contribution in [0.5, 0.6) is 0 Å². The molecule has 0 aliphatic heterocycles. The van der Waals surface area contributed by atoms with Crippen LogP contribution in [-0.4, -0.2) is 24.8 Å². The second kappa shape index (κ2) is 10.4. The largest absolute Gasteiger partial charge is 0.451 e. The molecule has 0 unspecified atom stereocenters. The molecule has 152 valence electrons. The lowest BCUT2D eigenvalue weighted by Crippen LogP contribution is -2.30. The first kappa shape index (κ1) is 21.3. The van der Waals surface area contributed by atoms with Crippen LogP contribution in [0, 0.1) is 0 Å². The van der Waals surface area contributed by atoms with E-state index in [4.69, 9.17) is 16.3 Å². The van der Waals surface area contributed by atoms with Crippen molar-refractivity contribution in [3.63, 3.8) is 0 Å². The molecule has 6 heteroatoms. The molecule has 30 heavy (non-hydrogen) atoms. The van der Waals surface area contributed by atoms with Gasteiger partial charge < -0.3 is 10.1 Å². The number of ether oxygens (including phenoxy) is 1. The summed E-state index contributed by atoms with van der Waals surface area (Å²) < 4.78 is 4.72. The Morgan fingerprint density at radius 1 is 0.900 bits per heavy atom. The van der Waals surface area contributed by atoms with E-state index in [2.05, 4.69) is 10.3 Å². The van der Waals surface area contributed by atoms with E-state index in [1.165, 1.54) is 7.11 Å². The van der Waals surface area contributed by atoms with Gasteiger partial charge >= 0.3 is 6.09 Å². The SMILES string of the molecule is COC(=O)/N=C(/C[C@H](NC(=O)c1ccccc1)c1ccc(Cl)cc1)c1ccccc1. The second-order valence-electron chi connectivity index (χ2n) is 6.54. The number of hydrogen-bond donors (Lipinski definition) is 1. The molecular weight excluding hydrogens is 400 g/mol. The summed E-state index contributed by atoms with van der Waals surface area (Å²) in [5, 5.41) is 3.64. The summed E-state index contributed by atoms with van der Waals surface area (Å²) in [6.45, 7) is 0. The van der Waals surface area contributed by atoms with Crippen molar-refractivity contribution < 1.29 is 14.3 Å². The van der Waals surface area contributed by atoms with Gasteiger partial charge in [0, 0.05) is 17.0 Å². The lowest BCUT2D eigenvalue weighted by atomic mass is 9.96. The van der Waals surface area contributed by atoms with Crippen LogP contribution < -0.4 is 5.32 Å². The van der Waals surface area contributed by atoms with Crippen molar-refractivity contribution in [3.05, 3.63) is 107 Å². The third kappa shape index (κ3) is 5.78. The second-order valence-corrected chi connectivity index (χ2v) is 6.98. The van der Waals surface area contributed by atoms with Crippen molar-refractivity contribution in [2.45, 2.75) is 12.5 Å². The third-order valence-electron chi connectivity index (χ3n) is 4.52. The minimum absolute atomic E-state index is 0.221. The molecule has 0 aromatic heterocycles. The average molecular weight is 421 g/mol. The third-order valence-corrected chi connectivity index (χ3v) is 4.77. The quantitative estimate of drug-likeness (QED) is 0.538. The summed E-state index contributed by atoms with van der Waals surface area (Å²) in [6.07, 6.45) is -0.405. The van der Waals surface area contributed by atoms with Gasteiger partial charge in [-0.05, 0) is 35.4 Å². The molecule has 1 atom stereocenters. The Morgan fingerprint density at radius 2 is 1.47 bits per heavy atom. The number of halogens is 1. The van der Waals surface area contributed by atoms with Crippen molar-refractivity contribution in [2.75, 3.05) is 7.11 Å². The molecule has 0 radical (unpaired) electrons. The van der Waals surface area contributed by atoms with Crippen LogP contribution in [0.3, 0.4) is 0 Å². The molecule has 0 fully saturated rings. The smallest absolute Gasteiger partial charge is 0.433 e. The molecule has 3 aromatic carbocycles. The summed E-state index contributed by atoms with van der Waals surface area (Å²) >= 11 is 6.03. The topological polar surface area (TPSA) is 67.8 Å². The predicted molar refractivity (Wildman–Crippen MR) is 118 cm³/mol. The minimum atomic E-state index is -0.696. The average Bonchev–Trinajstić information content (AvgIpc) is 2.79. The molecule has 0 heterocycles. The zero-order valence-corrected chi connectivity index (χ0v) is 17.2. The van der Waals surface area contributed by atoms with Gasteiger partial charge in [0.25, 0.3) is 5.91 Å². The highest BCUT2D eigenvalue weighted by molar-refractivity contribution is 6.30. The summed E-state index contributed by atoms with van der Waals surface area (Å²) in [7, 11) is 1.28. The van der Waals surface area contributed by atoms with Crippen LogP contribution in [0.25, 0.3) is 0 Å². The fourth-order valence-electron chi connectivity index (χ4n) is 2.99. The molecule has 0 aliphatic rings. The molecule has 1 N–H and O–H groups in total. The van der Waals surface area contributed by atoms with E-state index in [1.54, 1.807) is 36.4 Å². The number of methoxy groups -OCH3 is 1. The van der Waals surface area contributed by atoms with E-state index in [0.717, 1.165) is 11.1 Å². The molecule has 5 nitrogen and oxygen atoms in total. The van der Waals surface area contributed by atoms with Crippen molar-refractivity contribution in [2.24, 2.45) is 4.99 Å². The molecule has 2 amide bonds. The van der Waals surface area contributed by atoms with Crippen molar-refractivity contribution >= 4 is 29.3 Å². The Kier molecular flexibility index (Phi) is 7.35. The van der Waals surface area contributed by atoms with Gasteiger partial charge in [-0.25, -0.2) is 4.79 Å². The van der Waals surface area contributed by atoms with Crippen LogP contribution in [0.15, 0.2) is 89.9 Å². The highest BCUT2D eigenvalue weighted by Gasteiger charge is 2.20. The van der Waals surface area contributed by atoms with Gasteiger partial charge in [0.2, 0.25) is 0 Å². The number of carbonyl (C=O) groups excluding carboxylic acids is 2. The monoisotopic (exact) mass is 420 g/mol. The lowest BCUT2D eigenvalue weighted by molar-refractivity contribution is 0.0938.